The number of anilines is 1. The van der Waals surface area contributed by atoms with Crippen LogP contribution in [0.1, 0.15) is 12.8 Å². The monoisotopic (exact) mass is 293 g/mol. The van der Waals surface area contributed by atoms with E-state index >= 15 is 0 Å². The minimum Gasteiger partial charge on any atom is -0.395 e. The Hall–Kier alpha value is -1.99. The van der Waals surface area contributed by atoms with Gasteiger partial charge in [-0.25, -0.2) is 0 Å². The molecule has 1 aliphatic rings. The molecule has 2 rings (SSSR count). The van der Waals surface area contributed by atoms with Crippen LogP contribution in [0.3, 0.4) is 0 Å². The van der Waals surface area contributed by atoms with Crippen molar-refractivity contribution in [2.45, 2.75) is 18.9 Å². The predicted molar refractivity (Wildman–Crippen MR) is 78.2 cm³/mol. The molecule has 114 valence electrons. The third kappa shape index (κ3) is 3.99. The Morgan fingerprint density at radius 2 is 2.00 bits per heavy atom. The summed E-state index contributed by atoms with van der Waals surface area (Å²) in [4.78, 5) is 25.8. The zero-order chi connectivity index (χ0) is 15.4. The molecule has 0 unspecified atom stereocenters. The van der Waals surface area contributed by atoms with Gasteiger partial charge in [-0.3, -0.25) is 19.8 Å². The number of nitro benzene ring substituents is 1. The summed E-state index contributed by atoms with van der Waals surface area (Å²) in [7, 11) is 1.65. The van der Waals surface area contributed by atoms with Crippen LogP contribution in [0.2, 0.25) is 0 Å². The zero-order valence-corrected chi connectivity index (χ0v) is 11.9. The van der Waals surface area contributed by atoms with E-state index < -0.39 is 4.92 Å². The van der Waals surface area contributed by atoms with Crippen molar-refractivity contribution in [2.75, 3.05) is 31.6 Å². The van der Waals surface area contributed by atoms with Crippen molar-refractivity contribution in [2.24, 2.45) is 0 Å². The minimum atomic E-state index is -0.471. The standard InChI is InChI=1S/C14H19N3O4/c1-15(11-2-6-13(7-3-11)17(20)21)14(19)10-16(8-9-18)12-4-5-12/h2-3,6-7,12,18H,4-5,8-10H2,1H3. The molecule has 0 bridgehead atoms. The molecule has 1 amide bonds. The smallest absolute Gasteiger partial charge is 0.269 e. The molecule has 7 nitrogen and oxygen atoms in total. The number of hydrogen-bond acceptors (Lipinski definition) is 5. The van der Waals surface area contributed by atoms with Crippen molar-refractivity contribution in [3.05, 3.63) is 34.4 Å². The molecule has 0 saturated heterocycles. The van der Waals surface area contributed by atoms with Crippen LogP contribution in [0.5, 0.6) is 0 Å². The molecule has 1 N–H and O–H groups in total. The molecule has 0 aliphatic heterocycles. The quantitative estimate of drug-likeness (QED) is 0.599. The first-order valence-electron chi connectivity index (χ1n) is 6.89. The summed E-state index contributed by atoms with van der Waals surface area (Å²) >= 11 is 0. The second-order valence-electron chi connectivity index (χ2n) is 5.15. The largest absolute Gasteiger partial charge is 0.395 e. The van der Waals surface area contributed by atoms with E-state index in [1.807, 2.05) is 4.90 Å². The number of nitro groups is 1. The van der Waals surface area contributed by atoms with Gasteiger partial charge in [-0.1, -0.05) is 0 Å². The lowest BCUT2D eigenvalue weighted by Crippen LogP contribution is -2.40. The van der Waals surface area contributed by atoms with E-state index in [0.29, 0.717) is 18.3 Å². The first kappa shape index (κ1) is 15.4. The van der Waals surface area contributed by atoms with E-state index in [4.69, 9.17) is 5.11 Å². The number of benzene rings is 1. The highest BCUT2D eigenvalue weighted by Gasteiger charge is 2.30. The van der Waals surface area contributed by atoms with E-state index in [-0.39, 0.29) is 24.7 Å². The van der Waals surface area contributed by atoms with Crippen LogP contribution in [-0.4, -0.2) is 53.6 Å². The number of aliphatic hydroxyl groups is 1. The van der Waals surface area contributed by atoms with Crippen molar-refractivity contribution in [1.82, 2.24) is 4.90 Å². The van der Waals surface area contributed by atoms with Gasteiger partial charge < -0.3 is 10.0 Å². The molecule has 21 heavy (non-hydrogen) atoms. The van der Waals surface area contributed by atoms with E-state index in [9.17, 15) is 14.9 Å². The highest BCUT2D eigenvalue weighted by Crippen LogP contribution is 2.26. The Labute approximate surface area is 122 Å². The fourth-order valence-electron chi connectivity index (χ4n) is 2.18. The number of likely N-dealkylation sites (N-methyl/N-ethyl adjacent to an activating group) is 1. The van der Waals surface area contributed by atoms with E-state index in [2.05, 4.69) is 0 Å². The van der Waals surface area contributed by atoms with Gasteiger partial charge in [0.25, 0.3) is 5.69 Å². The lowest BCUT2D eigenvalue weighted by Gasteiger charge is -2.24. The average molecular weight is 293 g/mol. The highest BCUT2D eigenvalue weighted by atomic mass is 16.6. The summed E-state index contributed by atoms with van der Waals surface area (Å²) in [5.41, 5.74) is 0.616. The van der Waals surface area contributed by atoms with E-state index in [0.717, 1.165) is 12.8 Å². The van der Waals surface area contributed by atoms with Crippen molar-refractivity contribution in [3.63, 3.8) is 0 Å². The zero-order valence-electron chi connectivity index (χ0n) is 11.9. The summed E-state index contributed by atoms with van der Waals surface area (Å²) in [5, 5.41) is 19.6. The van der Waals surface area contributed by atoms with Crippen LogP contribution in [-0.2, 0) is 4.79 Å². The van der Waals surface area contributed by atoms with Crippen molar-refractivity contribution >= 4 is 17.3 Å². The van der Waals surface area contributed by atoms with Crippen LogP contribution in [0.4, 0.5) is 11.4 Å². The second-order valence-corrected chi connectivity index (χ2v) is 5.15. The number of hydrogen-bond donors (Lipinski definition) is 1. The summed E-state index contributed by atoms with van der Waals surface area (Å²) in [6.07, 6.45) is 2.13. The van der Waals surface area contributed by atoms with Crippen LogP contribution in [0.15, 0.2) is 24.3 Å². The Morgan fingerprint density at radius 3 is 2.48 bits per heavy atom. The summed E-state index contributed by atoms with van der Waals surface area (Å²) < 4.78 is 0. The number of amides is 1. The van der Waals surface area contributed by atoms with Crippen LogP contribution < -0.4 is 4.90 Å². The van der Waals surface area contributed by atoms with Gasteiger partial charge in [0.1, 0.15) is 0 Å². The summed E-state index contributed by atoms with van der Waals surface area (Å²) in [5.74, 6) is -0.0933. The normalized spacial score (nSPS) is 14.2. The van der Waals surface area contributed by atoms with E-state index in [1.165, 1.54) is 17.0 Å². The first-order valence-corrected chi connectivity index (χ1v) is 6.89. The lowest BCUT2D eigenvalue weighted by atomic mass is 10.2. The predicted octanol–water partition coefficient (Wildman–Crippen LogP) is 1.01. The molecule has 1 saturated carbocycles. The number of carbonyl (C=O) groups excluding carboxylic acids is 1. The molecule has 0 aromatic heterocycles. The van der Waals surface area contributed by atoms with Gasteiger partial charge >= 0.3 is 0 Å². The summed E-state index contributed by atoms with van der Waals surface area (Å²) in [6.45, 7) is 0.772. The number of nitrogens with zero attached hydrogens (tertiary/aromatic N) is 3. The fraction of sp³-hybridized carbons (Fsp3) is 0.500. The third-order valence-corrected chi connectivity index (χ3v) is 3.61. The van der Waals surface area contributed by atoms with Crippen molar-refractivity contribution < 1.29 is 14.8 Å². The molecule has 1 aromatic carbocycles. The molecule has 1 aliphatic carbocycles. The van der Waals surface area contributed by atoms with Gasteiger partial charge in [0.05, 0.1) is 18.1 Å². The molecule has 0 atom stereocenters. The Kier molecular flexibility index (Phi) is 4.87. The van der Waals surface area contributed by atoms with E-state index in [1.54, 1.807) is 19.2 Å². The van der Waals surface area contributed by atoms with Crippen molar-refractivity contribution in [3.8, 4) is 0 Å². The third-order valence-electron chi connectivity index (χ3n) is 3.61. The van der Waals surface area contributed by atoms with Crippen LogP contribution in [0.25, 0.3) is 0 Å². The lowest BCUT2D eigenvalue weighted by molar-refractivity contribution is -0.384. The first-order chi connectivity index (χ1) is 10.0. The Balaban J connectivity index is 1.99. The molecule has 1 fully saturated rings. The van der Waals surface area contributed by atoms with Crippen molar-refractivity contribution in [1.29, 1.82) is 0 Å². The average Bonchev–Trinajstić information content (AvgIpc) is 3.30. The Morgan fingerprint density at radius 1 is 1.38 bits per heavy atom. The molecular weight excluding hydrogens is 274 g/mol. The van der Waals surface area contributed by atoms with Gasteiger partial charge in [-0.05, 0) is 25.0 Å². The number of rotatable bonds is 7. The maximum atomic E-state index is 12.2. The molecule has 1 aromatic rings. The van der Waals surface area contributed by atoms with Gasteiger partial charge in [0.2, 0.25) is 5.91 Å². The maximum Gasteiger partial charge on any atom is 0.269 e. The summed E-state index contributed by atoms with van der Waals surface area (Å²) in [6, 6.07) is 6.27. The number of aliphatic hydroxyl groups excluding tert-OH is 1. The van der Waals surface area contributed by atoms with Gasteiger partial charge in [0.15, 0.2) is 0 Å². The second kappa shape index (κ2) is 6.64. The van der Waals surface area contributed by atoms with Crippen LogP contribution >= 0.6 is 0 Å². The van der Waals surface area contributed by atoms with Gasteiger partial charge in [0, 0.05) is 37.5 Å². The Bertz CT molecular complexity index is 513. The molecule has 0 spiro atoms. The molecular formula is C14H19N3O4. The molecule has 0 heterocycles. The fourth-order valence-corrected chi connectivity index (χ4v) is 2.18. The van der Waals surface area contributed by atoms with Crippen LogP contribution in [0, 0.1) is 10.1 Å². The van der Waals surface area contributed by atoms with Gasteiger partial charge in [-0.2, -0.15) is 0 Å². The number of carbonyl (C=O) groups is 1. The highest BCUT2D eigenvalue weighted by molar-refractivity contribution is 5.94. The molecule has 0 radical (unpaired) electrons. The van der Waals surface area contributed by atoms with Gasteiger partial charge in [-0.15, -0.1) is 0 Å². The topological polar surface area (TPSA) is 86.9 Å². The maximum absolute atomic E-state index is 12.2. The minimum absolute atomic E-state index is 0.000476. The number of non-ortho nitro benzene ring substituents is 1. The molecule has 7 heteroatoms. The SMILES string of the molecule is CN(C(=O)CN(CCO)C1CC1)c1ccc([N+](=O)[O-])cc1.